The number of hydrogen-bond donors (Lipinski definition) is 1. The molecule has 0 atom stereocenters. The van der Waals surface area contributed by atoms with Crippen molar-refractivity contribution in [1.82, 2.24) is 0 Å². The van der Waals surface area contributed by atoms with E-state index in [2.05, 4.69) is 5.32 Å². The largest absolute Gasteiger partial charge is 0.490 e. The Morgan fingerprint density at radius 3 is 2.44 bits per heavy atom. The van der Waals surface area contributed by atoms with Crippen LogP contribution in [0.25, 0.3) is 0 Å². The Bertz CT molecular complexity index is 867. The molecule has 0 heterocycles. The highest BCUT2D eigenvalue weighted by molar-refractivity contribution is 7.98. The molecule has 0 saturated heterocycles. The van der Waals surface area contributed by atoms with Crippen molar-refractivity contribution in [3.8, 4) is 5.75 Å². The van der Waals surface area contributed by atoms with E-state index in [1.165, 1.54) is 19.2 Å². The molecule has 0 aliphatic rings. The number of carbonyl (C=O) groups excluding carboxylic acids is 2. The maximum absolute atomic E-state index is 12.1. The second-order valence-electron chi connectivity index (χ2n) is 5.45. The fourth-order valence-corrected chi connectivity index (χ4v) is 2.65. The lowest BCUT2D eigenvalue weighted by Gasteiger charge is -2.11. The first kappa shape index (κ1) is 20.2. The van der Waals surface area contributed by atoms with Gasteiger partial charge in [-0.15, -0.1) is 11.8 Å². The maximum Gasteiger partial charge on any atom is 0.338 e. The van der Waals surface area contributed by atoms with E-state index < -0.39 is 23.4 Å². The standard InChI is InChI=1S/C18H18N2O6S/c1-11-8-15(20(23)24)16(25-2)9-14(11)19-17(21)10-26-18(22)12-4-6-13(27-3)7-5-12/h4-9H,10H2,1-3H3,(H,19,21). The van der Waals surface area contributed by atoms with Crippen LogP contribution >= 0.6 is 11.8 Å². The molecule has 0 saturated carbocycles. The van der Waals surface area contributed by atoms with Gasteiger partial charge in [0.15, 0.2) is 12.4 Å². The van der Waals surface area contributed by atoms with Crippen LogP contribution in [0.5, 0.6) is 5.75 Å². The highest BCUT2D eigenvalue weighted by atomic mass is 32.2. The van der Waals surface area contributed by atoms with Gasteiger partial charge in [-0.05, 0) is 43.0 Å². The molecule has 27 heavy (non-hydrogen) atoms. The first-order valence-electron chi connectivity index (χ1n) is 7.79. The van der Waals surface area contributed by atoms with Crippen molar-refractivity contribution in [2.24, 2.45) is 0 Å². The number of hydrogen-bond acceptors (Lipinski definition) is 7. The van der Waals surface area contributed by atoms with Crippen LogP contribution < -0.4 is 10.1 Å². The molecule has 0 aromatic heterocycles. The first-order valence-corrected chi connectivity index (χ1v) is 9.02. The summed E-state index contributed by atoms with van der Waals surface area (Å²) in [5.41, 5.74) is 0.958. The van der Waals surface area contributed by atoms with E-state index >= 15 is 0 Å². The molecule has 0 radical (unpaired) electrons. The summed E-state index contributed by atoms with van der Waals surface area (Å²) in [5, 5.41) is 13.6. The van der Waals surface area contributed by atoms with E-state index in [-0.39, 0.29) is 11.4 Å². The number of methoxy groups -OCH3 is 1. The Hall–Kier alpha value is -3.07. The van der Waals surface area contributed by atoms with Crippen LogP contribution in [-0.4, -0.2) is 36.8 Å². The summed E-state index contributed by atoms with van der Waals surface area (Å²) in [5.74, 6) is -1.16. The third-order valence-corrected chi connectivity index (χ3v) is 4.40. The van der Waals surface area contributed by atoms with Crippen molar-refractivity contribution in [1.29, 1.82) is 0 Å². The molecule has 9 heteroatoms. The van der Waals surface area contributed by atoms with Crippen molar-refractivity contribution in [2.75, 3.05) is 25.3 Å². The molecular weight excluding hydrogens is 372 g/mol. The zero-order valence-corrected chi connectivity index (χ0v) is 15.8. The average molecular weight is 390 g/mol. The molecule has 1 N–H and O–H groups in total. The van der Waals surface area contributed by atoms with E-state index in [9.17, 15) is 19.7 Å². The number of rotatable bonds is 7. The number of carbonyl (C=O) groups is 2. The lowest BCUT2D eigenvalue weighted by atomic mass is 10.1. The summed E-state index contributed by atoms with van der Waals surface area (Å²) in [7, 11) is 1.30. The topological polar surface area (TPSA) is 108 Å². The van der Waals surface area contributed by atoms with Gasteiger partial charge < -0.3 is 14.8 Å². The number of amides is 1. The van der Waals surface area contributed by atoms with E-state index in [0.29, 0.717) is 16.8 Å². The Labute approximate surface area is 160 Å². The minimum absolute atomic E-state index is 0.0202. The highest BCUT2D eigenvalue weighted by Crippen LogP contribution is 2.32. The second-order valence-corrected chi connectivity index (χ2v) is 6.33. The number of ether oxygens (including phenoxy) is 2. The molecule has 0 spiro atoms. The first-order chi connectivity index (χ1) is 12.8. The molecule has 0 bridgehead atoms. The van der Waals surface area contributed by atoms with Gasteiger partial charge in [0.2, 0.25) is 0 Å². The zero-order chi connectivity index (χ0) is 20.0. The van der Waals surface area contributed by atoms with E-state index in [1.807, 2.05) is 6.26 Å². The fraction of sp³-hybridized carbons (Fsp3) is 0.222. The molecule has 1 amide bonds. The van der Waals surface area contributed by atoms with Crippen LogP contribution in [-0.2, 0) is 9.53 Å². The van der Waals surface area contributed by atoms with Crippen molar-refractivity contribution >= 4 is 35.0 Å². The lowest BCUT2D eigenvalue weighted by molar-refractivity contribution is -0.385. The van der Waals surface area contributed by atoms with Gasteiger partial charge in [0.1, 0.15) is 0 Å². The van der Waals surface area contributed by atoms with Crippen LogP contribution in [0.3, 0.4) is 0 Å². The number of nitrogens with one attached hydrogen (secondary N) is 1. The number of thioether (sulfide) groups is 1. The van der Waals surface area contributed by atoms with Crippen LogP contribution in [0, 0.1) is 17.0 Å². The number of esters is 1. The third-order valence-electron chi connectivity index (χ3n) is 3.66. The van der Waals surface area contributed by atoms with Crippen molar-refractivity contribution < 1.29 is 24.0 Å². The van der Waals surface area contributed by atoms with E-state index in [0.717, 1.165) is 4.90 Å². The minimum Gasteiger partial charge on any atom is -0.490 e. The molecule has 0 aliphatic carbocycles. The van der Waals surface area contributed by atoms with Gasteiger partial charge in [0.05, 0.1) is 17.6 Å². The molecule has 0 aliphatic heterocycles. The van der Waals surface area contributed by atoms with Crippen molar-refractivity contribution in [3.05, 3.63) is 57.6 Å². The summed E-state index contributed by atoms with van der Waals surface area (Å²) in [6.45, 7) is 1.13. The van der Waals surface area contributed by atoms with Crippen molar-refractivity contribution in [3.63, 3.8) is 0 Å². The Kier molecular flexibility index (Phi) is 6.78. The normalized spacial score (nSPS) is 10.2. The molecule has 2 aromatic carbocycles. The number of anilines is 1. The predicted octanol–water partition coefficient (Wildman–Crippen LogP) is 3.43. The minimum atomic E-state index is -0.615. The summed E-state index contributed by atoms with van der Waals surface area (Å²) in [6.07, 6.45) is 1.92. The van der Waals surface area contributed by atoms with Crippen molar-refractivity contribution in [2.45, 2.75) is 11.8 Å². The SMILES string of the molecule is COc1cc(NC(=O)COC(=O)c2ccc(SC)cc2)c(C)cc1[N+](=O)[O-]. The summed E-state index contributed by atoms with van der Waals surface area (Å²) in [6, 6.07) is 9.47. The van der Waals surface area contributed by atoms with Gasteiger partial charge in [0, 0.05) is 22.7 Å². The summed E-state index contributed by atoms with van der Waals surface area (Å²) < 4.78 is 9.98. The molecular formula is C18H18N2O6S. The van der Waals surface area contributed by atoms with Gasteiger partial charge in [-0.1, -0.05) is 0 Å². The van der Waals surface area contributed by atoms with Crippen LogP contribution in [0.15, 0.2) is 41.3 Å². The van der Waals surface area contributed by atoms with Gasteiger partial charge in [0.25, 0.3) is 5.91 Å². The fourth-order valence-electron chi connectivity index (χ4n) is 2.24. The molecule has 0 unspecified atom stereocenters. The number of nitro groups is 1. The molecule has 2 rings (SSSR count). The Morgan fingerprint density at radius 1 is 1.22 bits per heavy atom. The third kappa shape index (κ3) is 5.20. The summed E-state index contributed by atoms with van der Waals surface area (Å²) in [4.78, 5) is 35.5. The predicted molar refractivity (Wildman–Crippen MR) is 102 cm³/mol. The average Bonchev–Trinajstić information content (AvgIpc) is 2.67. The number of nitrogens with zero attached hydrogens (tertiary/aromatic N) is 1. The number of benzene rings is 2. The second kappa shape index (κ2) is 9.04. The Morgan fingerprint density at radius 2 is 1.89 bits per heavy atom. The Balaban J connectivity index is 2.00. The van der Waals surface area contributed by atoms with Gasteiger partial charge in [-0.25, -0.2) is 4.79 Å². The number of aryl methyl sites for hydroxylation is 1. The van der Waals surface area contributed by atoms with Gasteiger partial charge in [-0.3, -0.25) is 14.9 Å². The van der Waals surface area contributed by atoms with Gasteiger partial charge >= 0.3 is 11.7 Å². The van der Waals surface area contributed by atoms with Crippen LogP contribution in [0.1, 0.15) is 15.9 Å². The highest BCUT2D eigenvalue weighted by Gasteiger charge is 2.19. The monoisotopic (exact) mass is 390 g/mol. The molecule has 142 valence electrons. The number of nitro benzene ring substituents is 1. The quantitative estimate of drug-likeness (QED) is 0.334. The van der Waals surface area contributed by atoms with E-state index in [4.69, 9.17) is 9.47 Å². The smallest absolute Gasteiger partial charge is 0.338 e. The lowest BCUT2D eigenvalue weighted by Crippen LogP contribution is -2.21. The van der Waals surface area contributed by atoms with Crippen LogP contribution in [0.4, 0.5) is 11.4 Å². The molecule has 8 nitrogen and oxygen atoms in total. The maximum atomic E-state index is 12.1. The molecule has 2 aromatic rings. The zero-order valence-electron chi connectivity index (χ0n) is 15.0. The summed E-state index contributed by atoms with van der Waals surface area (Å²) >= 11 is 1.55. The van der Waals surface area contributed by atoms with Gasteiger partial charge in [-0.2, -0.15) is 0 Å². The van der Waals surface area contributed by atoms with Crippen LogP contribution in [0.2, 0.25) is 0 Å². The van der Waals surface area contributed by atoms with E-state index in [1.54, 1.807) is 43.0 Å². The molecule has 0 fully saturated rings.